The summed E-state index contributed by atoms with van der Waals surface area (Å²) in [5.74, 6) is 3.29. The molecule has 0 heterocycles. The quantitative estimate of drug-likeness (QED) is 0.747. The van der Waals surface area contributed by atoms with E-state index in [9.17, 15) is 8.42 Å². The molecule has 0 aliphatic heterocycles. The van der Waals surface area contributed by atoms with Crippen molar-refractivity contribution >= 4 is 10.0 Å². The minimum absolute atomic E-state index is 0.245. The second-order valence-corrected chi connectivity index (χ2v) is 8.55. The molecule has 0 amide bonds. The van der Waals surface area contributed by atoms with Crippen molar-refractivity contribution in [2.75, 3.05) is 12.3 Å². The Morgan fingerprint density at radius 2 is 1.67 bits per heavy atom. The maximum absolute atomic E-state index is 12.0. The predicted molar refractivity (Wildman–Crippen MR) is 69.5 cm³/mol. The van der Waals surface area contributed by atoms with Crippen molar-refractivity contribution in [3.63, 3.8) is 0 Å². The Labute approximate surface area is 109 Å². The molecule has 0 aromatic carbocycles. The predicted octanol–water partition coefficient (Wildman–Crippen LogP) is 0.702. The van der Waals surface area contributed by atoms with Crippen LogP contribution < -0.4 is 10.0 Å². The maximum atomic E-state index is 12.0. The van der Waals surface area contributed by atoms with E-state index < -0.39 is 10.0 Å². The first-order valence-corrected chi connectivity index (χ1v) is 9.03. The molecule has 102 valence electrons. The monoisotopic (exact) mass is 270 g/mol. The molecule has 4 aliphatic rings. The van der Waals surface area contributed by atoms with Gasteiger partial charge in [-0.05, 0) is 55.8 Å². The van der Waals surface area contributed by atoms with Gasteiger partial charge in [-0.2, -0.15) is 0 Å². The SMILES string of the molecule is O=S(=O)(CCNC1CC1)NC1C2C3CCC(C3)C12. The van der Waals surface area contributed by atoms with Crippen LogP contribution >= 0.6 is 0 Å². The van der Waals surface area contributed by atoms with Crippen LogP contribution in [-0.2, 0) is 10.0 Å². The van der Waals surface area contributed by atoms with E-state index in [0.717, 1.165) is 11.8 Å². The second-order valence-electron chi connectivity index (χ2n) is 6.68. The van der Waals surface area contributed by atoms with E-state index in [1.54, 1.807) is 0 Å². The highest BCUT2D eigenvalue weighted by Crippen LogP contribution is 2.65. The van der Waals surface area contributed by atoms with Crippen LogP contribution in [0.15, 0.2) is 0 Å². The van der Waals surface area contributed by atoms with Gasteiger partial charge in [0.25, 0.3) is 0 Å². The molecular weight excluding hydrogens is 248 g/mol. The zero-order chi connectivity index (χ0) is 12.3. The molecule has 5 heteroatoms. The topological polar surface area (TPSA) is 58.2 Å². The average molecular weight is 270 g/mol. The normalized spacial score (nSPS) is 45.2. The summed E-state index contributed by atoms with van der Waals surface area (Å²) in [6, 6.07) is 0.888. The van der Waals surface area contributed by atoms with E-state index >= 15 is 0 Å². The first-order valence-electron chi connectivity index (χ1n) is 7.37. The largest absolute Gasteiger partial charge is 0.313 e. The summed E-state index contributed by atoms with van der Waals surface area (Å²) in [5.41, 5.74) is 0. The third-order valence-electron chi connectivity index (χ3n) is 5.43. The number of rotatable bonds is 6. The Kier molecular flexibility index (Phi) is 2.55. The molecule has 4 aliphatic carbocycles. The molecule has 18 heavy (non-hydrogen) atoms. The molecule has 2 N–H and O–H groups in total. The fourth-order valence-electron chi connectivity index (χ4n) is 4.43. The lowest BCUT2D eigenvalue weighted by Crippen LogP contribution is -2.36. The molecule has 0 aromatic rings. The van der Waals surface area contributed by atoms with Crippen molar-refractivity contribution in [3.8, 4) is 0 Å². The van der Waals surface area contributed by atoms with Crippen LogP contribution in [0.25, 0.3) is 0 Å². The molecular formula is C13H22N2O2S. The number of hydrogen-bond donors (Lipinski definition) is 2. The molecule has 0 spiro atoms. The van der Waals surface area contributed by atoms with Crippen LogP contribution in [0.5, 0.6) is 0 Å². The van der Waals surface area contributed by atoms with E-state index in [1.165, 1.54) is 32.1 Å². The van der Waals surface area contributed by atoms with E-state index in [0.29, 0.717) is 30.5 Å². The van der Waals surface area contributed by atoms with Crippen LogP contribution in [0, 0.1) is 23.7 Å². The Morgan fingerprint density at radius 1 is 1.00 bits per heavy atom. The highest BCUT2D eigenvalue weighted by atomic mass is 32.2. The zero-order valence-corrected chi connectivity index (χ0v) is 11.5. The van der Waals surface area contributed by atoms with E-state index in [-0.39, 0.29) is 5.75 Å². The summed E-state index contributed by atoms with van der Waals surface area (Å²) in [5, 5.41) is 3.27. The molecule has 4 saturated carbocycles. The van der Waals surface area contributed by atoms with Gasteiger partial charge in [0.2, 0.25) is 10.0 Å². The van der Waals surface area contributed by atoms with Gasteiger partial charge in [0, 0.05) is 18.6 Å². The molecule has 0 saturated heterocycles. The van der Waals surface area contributed by atoms with Gasteiger partial charge >= 0.3 is 0 Å². The second kappa shape index (κ2) is 3.93. The molecule has 0 aromatic heterocycles. The van der Waals surface area contributed by atoms with Crippen LogP contribution in [-0.4, -0.2) is 32.8 Å². The van der Waals surface area contributed by atoms with Gasteiger partial charge in [-0.25, -0.2) is 13.1 Å². The lowest BCUT2D eigenvalue weighted by atomic mass is 10.0. The molecule has 2 bridgehead atoms. The van der Waals surface area contributed by atoms with Crippen molar-refractivity contribution in [3.05, 3.63) is 0 Å². The summed E-state index contributed by atoms with van der Waals surface area (Å²) < 4.78 is 27.0. The Balaban J connectivity index is 1.29. The Hall–Kier alpha value is -0.130. The fourth-order valence-corrected chi connectivity index (χ4v) is 5.67. The maximum Gasteiger partial charge on any atom is 0.213 e. The summed E-state index contributed by atoms with van der Waals surface area (Å²) in [6.45, 7) is 0.606. The fraction of sp³-hybridized carbons (Fsp3) is 1.00. The molecule has 4 unspecified atom stereocenters. The zero-order valence-electron chi connectivity index (χ0n) is 10.6. The number of nitrogens with one attached hydrogen (secondary N) is 2. The van der Waals surface area contributed by atoms with Gasteiger partial charge in [0.1, 0.15) is 0 Å². The van der Waals surface area contributed by atoms with E-state index in [2.05, 4.69) is 10.0 Å². The van der Waals surface area contributed by atoms with Gasteiger partial charge in [0.15, 0.2) is 0 Å². The van der Waals surface area contributed by atoms with Crippen molar-refractivity contribution in [2.24, 2.45) is 23.7 Å². The summed E-state index contributed by atoms with van der Waals surface area (Å²) in [7, 11) is -3.06. The number of sulfonamides is 1. The molecule has 4 atom stereocenters. The highest BCUT2D eigenvalue weighted by molar-refractivity contribution is 7.89. The number of fused-ring (bicyclic) bond motifs is 5. The first kappa shape index (κ1) is 11.7. The lowest BCUT2D eigenvalue weighted by Gasteiger charge is -2.11. The summed E-state index contributed by atoms with van der Waals surface area (Å²) in [6.07, 6.45) is 6.48. The van der Waals surface area contributed by atoms with E-state index in [1.807, 2.05) is 0 Å². The highest BCUT2D eigenvalue weighted by Gasteiger charge is 2.65. The van der Waals surface area contributed by atoms with Gasteiger partial charge in [-0.3, -0.25) is 0 Å². The van der Waals surface area contributed by atoms with Crippen molar-refractivity contribution in [1.82, 2.24) is 10.0 Å². The van der Waals surface area contributed by atoms with Gasteiger partial charge < -0.3 is 5.32 Å². The third kappa shape index (κ3) is 2.00. The Bertz CT molecular complexity index is 430. The van der Waals surface area contributed by atoms with Crippen LogP contribution in [0.1, 0.15) is 32.1 Å². The first-order chi connectivity index (χ1) is 8.64. The van der Waals surface area contributed by atoms with E-state index in [4.69, 9.17) is 0 Å². The standard InChI is InChI=1S/C13H22N2O2S/c16-18(17,6-5-14-10-3-4-10)15-13-11-8-1-2-9(7-8)12(11)13/h8-15H,1-7H2. The summed E-state index contributed by atoms with van der Waals surface area (Å²) >= 11 is 0. The molecule has 4 nitrogen and oxygen atoms in total. The summed E-state index contributed by atoms with van der Waals surface area (Å²) in [4.78, 5) is 0. The molecule has 0 radical (unpaired) electrons. The van der Waals surface area contributed by atoms with Crippen LogP contribution in [0.4, 0.5) is 0 Å². The average Bonchev–Trinajstić information content (AvgIpc) is 3.18. The van der Waals surface area contributed by atoms with Crippen LogP contribution in [0.3, 0.4) is 0 Å². The number of hydrogen-bond acceptors (Lipinski definition) is 3. The van der Waals surface area contributed by atoms with Crippen LogP contribution in [0.2, 0.25) is 0 Å². The lowest BCUT2D eigenvalue weighted by molar-refractivity contribution is 0.456. The molecule has 4 rings (SSSR count). The molecule has 4 fully saturated rings. The van der Waals surface area contributed by atoms with Gasteiger partial charge in [-0.1, -0.05) is 0 Å². The van der Waals surface area contributed by atoms with Crippen molar-refractivity contribution in [2.45, 2.75) is 44.2 Å². The van der Waals surface area contributed by atoms with Gasteiger partial charge in [0.05, 0.1) is 5.75 Å². The minimum Gasteiger partial charge on any atom is -0.313 e. The third-order valence-corrected chi connectivity index (χ3v) is 6.80. The smallest absolute Gasteiger partial charge is 0.213 e. The minimum atomic E-state index is -3.06. The van der Waals surface area contributed by atoms with Gasteiger partial charge in [-0.15, -0.1) is 0 Å². The van der Waals surface area contributed by atoms with Crippen molar-refractivity contribution < 1.29 is 8.42 Å². The Morgan fingerprint density at radius 3 is 2.28 bits per heavy atom. The van der Waals surface area contributed by atoms with Crippen molar-refractivity contribution in [1.29, 1.82) is 0 Å².